The molecule has 3 N–H and O–H groups in total. The van der Waals surface area contributed by atoms with Crippen LogP contribution in [0.2, 0.25) is 0 Å². The summed E-state index contributed by atoms with van der Waals surface area (Å²) >= 11 is 0. The number of benzene rings is 2. The zero-order chi connectivity index (χ0) is 20.9. The maximum Gasteiger partial charge on any atom is 0.438 e. The van der Waals surface area contributed by atoms with Crippen molar-refractivity contribution in [3.8, 4) is 0 Å². The number of alkyl halides is 3. The lowest BCUT2D eigenvalue weighted by Crippen LogP contribution is -2.73. The quantitative estimate of drug-likeness (QED) is 0.301. The van der Waals surface area contributed by atoms with Crippen LogP contribution in [0.3, 0.4) is 0 Å². The first-order chi connectivity index (χ1) is 13.1. The molecular weight excluding hydrogens is 382 g/mol. The Morgan fingerprint density at radius 3 is 2.14 bits per heavy atom. The molecule has 0 unspecified atom stereocenters. The molecule has 0 aliphatic heterocycles. The fraction of sp³-hybridized carbons (Fsp3) is 0.222. The molecular formula is C18H17F4N3O3. The molecule has 0 heterocycles. The van der Waals surface area contributed by atoms with Crippen LogP contribution in [-0.4, -0.2) is 30.8 Å². The predicted octanol–water partition coefficient (Wildman–Crippen LogP) is 2.91. The van der Waals surface area contributed by atoms with E-state index in [-0.39, 0.29) is 11.3 Å². The SMILES string of the molecule is COC(=O)[C@@](NNc1ccccc1C)(NC(=O)c1ccc(F)cc1)C(F)(F)F. The van der Waals surface area contributed by atoms with E-state index in [9.17, 15) is 27.2 Å². The summed E-state index contributed by atoms with van der Waals surface area (Å²) < 4.78 is 58.9. The van der Waals surface area contributed by atoms with Crippen LogP contribution in [0.1, 0.15) is 15.9 Å². The summed E-state index contributed by atoms with van der Waals surface area (Å²) in [7, 11) is 0.752. The van der Waals surface area contributed by atoms with Crippen LogP contribution in [0.4, 0.5) is 23.2 Å². The Bertz CT molecular complexity index is 856. The monoisotopic (exact) mass is 399 g/mol. The number of amides is 1. The predicted molar refractivity (Wildman–Crippen MR) is 92.6 cm³/mol. The van der Waals surface area contributed by atoms with Crippen LogP contribution >= 0.6 is 0 Å². The molecule has 2 rings (SSSR count). The number of halogens is 4. The zero-order valence-corrected chi connectivity index (χ0v) is 14.9. The van der Waals surface area contributed by atoms with E-state index in [0.29, 0.717) is 5.56 Å². The number of nitrogens with one attached hydrogen (secondary N) is 3. The molecule has 0 saturated heterocycles. The van der Waals surface area contributed by atoms with E-state index in [4.69, 9.17) is 0 Å². The maximum atomic E-state index is 13.9. The molecule has 0 spiro atoms. The normalized spacial score (nSPS) is 13.4. The topological polar surface area (TPSA) is 79.5 Å². The molecule has 0 fully saturated rings. The van der Waals surface area contributed by atoms with Gasteiger partial charge in [-0.05, 0) is 42.8 Å². The highest BCUT2D eigenvalue weighted by atomic mass is 19.4. The van der Waals surface area contributed by atoms with Gasteiger partial charge in [0.1, 0.15) is 5.82 Å². The van der Waals surface area contributed by atoms with Gasteiger partial charge in [-0.1, -0.05) is 18.2 Å². The van der Waals surface area contributed by atoms with Crippen molar-refractivity contribution in [1.29, 1.82) is 0 Å². The molecule has 0 saturated carbocycles. The van der Waals surface area contributed by atoms with Gasteiger partial charge in [0.15, 0.2) is 0 Å². The van der Waals surface area contributed by atoms with Crippen molar-refractivity contribution < 1.29 is 31.9 Å². The largest absolute Gasteiger partial charge is 0.466 e. The van der Waals surface area contributed by atoms with Crippen molar-refractivity contribution in [2.45, 2.75) is 18.8 Å². The minimum atomic E-state index is -5.29. The van der Waals surface area contributed by atoms with E-state index < -0.39 is 29.5 Å². The van der Waals surface area contributed by atoms with Crippen molar-refractivity contribution in [2.75, 3.05) is 12.5 Å². The Morgan fingerprint density at radius 1 is 1.00 bits per heavy atom. The third kappa shape index (κ3) is 4.39. The molecule has 1 atom stereocenters. The van der Waals surface area contributed by atoms with E-state index >= 15 is 0 Å². The van der Waals surface area contributed by atoms with Crippen molar-refractivity contribution >= 4 is 17.6 Å². The summed E-state index contributed by atoms with van der Waals surface area (Å²) in [5.74, 6) is -3.73. The van der Waals surface area contributed by atoms with Gasteiger partial charge in [-0.15, -0.1) is 0 Å². The number of carbonyl (C=O) groups excluding carboxylic acids is 2. The second-order valence-corrected chi connectivity index (χ2v) is 5.77. The Morgan fingerprint density at radius 2 is 1.61 bits per heavy atom. The molecule has 2 aromatic carbocycles. The number of para-hydroxylation sites is 1. The standard InChI is InChI=1S/C18H17F4N3O3/c1-11-5-3-4-6-14(11)24-25-17(16(27)28-2,18(20,21)22)23-15(26)12-7-9-13(19)10-8-12/h3-10,24-25H,1-2H3,(H,23,26)/t17-/m0/s1. The number of esters is 1. The van der Waals surface area contributed by atoms with Crippen LogP contribution in [0.15, 0.2) is 48.5 Å². The molecule has 0 radical (unpaired) electrons. The maximum absolute atomic E-state index is 13.9. The van der Waals surface area contributed by atoms with Crippen molar-refractivity contribution in [3.05, 3.63) is 65.5 Å². The summed E-state index contributed by atoms with van der Waals surface area (Å²) in [5, 5.41) is 1.61. The summed E-state index contributed by atoms with van der Waals surface area (Å²) in [6, 6.07) is 10.1. The van der Waals surface area contributed by atoms with Gasteiger partial charge < -0.3 is 15.5 Å². The third-order valence-corrected chi connectivity index (χ3v) is 3.85. The fourth-order valence-electron chi connectivity index (χ4n) is 2.26. The number of aryl methyl sites for hydroxylation is 1. The summed E-state index contributed by atoms with van der Waals surface area (Å²) in [5.41, 5.74) is 1.08. The summed E-state index contributed by atoms with van der Waals surface area (Å²) in [6.07, 6.45) is -5.29. The fourth-order valence-corrected chi connectivity index (χ4v) is 2.26. The molecule has 6 nitrogen and oxygen atoms in total. The van der Waals surface area contributed by atoms with E-state index in [2.05, 4.69) is 10.2 Å². The van der Waals surface area contributed by atoms with Crippen LogP contribution in [-0.2, 0) is 9.53 Å². The second-order valence-electron chi connectivity index (χ2n) is 5.77. The Balaban J connectivity index is 2.39. The lowest BCUT2D eigenvalue weighted by molar-refractivity contribution is -0.215. The van der Waals surface area contributed by atoms with Gasteiger partial charge in [0, 0.05) is 5.56 Å². The molecule has 0 aliphatic rings. The van der Waals surface area contributed by atoms with Gasteiger partial charge in [0.05, 0.1) is 12.8 Å². The summed E-state index contributed by atoms with van der Waals surface area (Å²) in [6.45, 7) is 1.63. The Hall–Kier alpha value is -3.14. The van der Waals surface area contributed by atoms with Crippen molar-refractivity contribution in [3.63, 3.8) is 0 Å². The number of ether oxygens (including phenoxy) is 1. The van der Waals surface area contributed by atoms with E-state index in [0.717, 1.165) is 31.4 Å². The number of carbonyl (C=O) groups is 2. The van der Waals surface area contributed by atoms with E-state index in [1.165, 1.54) is 6.07 Å². The smallest absolute Gasteiger partial charge is 0.438 e. The molecule has 1 amide bonds. The van der Waals surface area contributed by atoms with Gasteiger partial charge in [-0.3, -0.25) is 4.79 Å². The lowest BCUT2D eigenvalue weighted by Gasteiger charge is -2.34. The van der Waals surface area contributed by atoms with Crippen LogP contribution in [0.25, 0.3) is 0 Å². The molecule has 0 aliphatic carbocycles. The molecule has 150 valence electrons. The first kappa shape index (κ1) is 21.2. The Labute approximate surface area is 157 Å². The van der Waals surface area contributed by atoms with E-state index in [1.807, 2.05) is 5.43 Å². The highest BCUT2D eigenvalue weighted by molar-refractivity contribution is 5.98. The Kier molecular flexibility index (Phi) is 6.24. The average Bonchev–Trinajstić information content (AvgIpc) is 2.65. The molecule has 2 aromatic rings. The van der Waals surface area contributed by atoms with Crippen LogP contribution in [0, 0.1) is 12.7 Å². The van der Waals surface area contributed by atoms with Crippen molar-refractivity contribution in [2.24, 2.45) is 0 Å². The molecule has 0 aromatic heterocycles. The minimum absolute atomic E-state index is 0.246. The second kappa shape index (κ2) is 8.26. The number of hydrogen-bond donors (Lipinski definition) is 3. The summed E-state index contributed by atoms with van der Waals surface area (Å²) in [4.78, 5) is 24.4. The number of hydrogen-bond acceptors (Lipinski definition) is 5. The third-order valence-electron chi connectivity index (χ3n) is 3.85. The van der Waals surface area contributed by atoms with E-state index in [1.54, 1.807) is 30.4 Å². The minimum Gasteiger partial charge on any atom is -0.466 e. The molecule has 0 bridgehead atoms. The van der Waals surface area contributed by atoms with Gasteiger partial charge in [-0.25, -0.2) is 9.18 Å². The van der Waals surface area contributed by atoms with Gasteiger partial charge in [0.2, 0.25) is 0 Å². The number of anilines is 1. The molecule has 10 heteroatoms. The number of hydrazine groups is 1. The number of methoxy groups -OCH3 is 1. The lowest BCUT2D eigenvalue weighted by atomic mass is 10.1. The molecule has 28 heavy (non-hydrogen) atoms. The number of rotatable bonds is 6. The van der Waals surface area contributed by atoms with Gasteiger partial charge in [-0.2, -0.15) is 18.6 Å². The van der Waals surface area contributed by atoms with Crippen LogP contribution in [0.5, 0.6) is 0 Å². The van der Waals surface area contributed by atoms with Gasteiger partial charge >= 0.3 is 17.8 Å². The first-order valence-corrected chi connectivity index (χ1v) is 7.93. The highest BCUT2D eigenvalue weighted by Gasteiger charge is 2.63. The zero-order valence-electron chi connectivity index (χ0n) is 14.9. The first-order valence-electron chi connectivity index (χ1n) is 7.93. The highest BCUT2D eigenvalue weighted by Crippen LogP contribution is 2.30. The average molecular weight is 399 g/mol. The van der Waals surface area contributed by atoms with Gasteiger partial charge in [0.25, 0.3) is 5.91 Å². The van der Waals surface area contributed by atoms with Crippen molar-refractivity contribution in [1.82, 2.24) is 10.7 Å². The van der Waals surface area contributed by atoms with Crippen LogP contribution < -0.4 is 16.2 Å².